The molecule has 0 saturated carbocycles. The van der Waals surface area contributed by atoms with Gasteiger partial charge in [-0.3, -0.25) is 4.79 Å². The molecule has 1 rings (SSSR count). The van der Waals surface area contributed by atoms with Crippen LogP contribution in [0.15, 0.2) is 30.3 Å². The van der Waals surface area contributed by atoms with Crippen molar-refractivity contribution < 1.29 is 9.90 Å². The van der Waals surface area contributed by atoms with Gasteiger partial charge < -0.3 is 15.3 Å². The Morgan fingerprint density at radius 2 is 1.95 bits per heavy atom. The summed E-state index contributed by atoms with van der Waals surface area (Å²) in [5, 5.41) is 12.5. The number of nitrogens with one attached hydrogen (secondary N) is 1. The van der Waals surface area contributed by atoms with Crippen molar-refractivity contribution in [1.29, 1.82) is 0 Å². The number of rotatable bonds is 6. The number of hydrogen-bond donors (Lipinski definition) is 2. The SMILES string of the molecule is CCC(C)(O)CNC(=O)C=Cc1ccc(N(C)C)cc1. The smallest absolute Gasteiger partial charge is 0.244 e. The van der Waals surface area contributed by atoms with Crippen LogP contribution in [0, 0.1) is 0 Å². The summed E-state index contributed by atoms with van der Waals surface area (Å²) in [5.41, 5.74) is 1.23. The van der Waals surface area contributed by atoms with E-state index in [4.69, 9.17) is 0 Å². The minimum Gasteiger partial charge on any atom is -0.388 e. The van der Waals surface area contributed by atoms with Crippen LogP contribution in [0.4, 0.5) is 5.69 Å². The Bertz CT molecular complexity index is 462. The molecule has 2 N–H and O–H groups in total. The molecule has 0 spiro atoms. The molecule has 4 nitrogen and oxygen atoms in total. The summed E-state index contributed by atoms with van der Waals surface area (Å²) in [5.74, 6) is -0.199. The molecule has 0 aliphatic heterocycles. The van der Waals surface area contributed by atoms with E-state index in [-0.39, 0.29) is 12.5 Å². The molecule has 1 amide bonds. The number of amides is 1. The molecule has 0 aliphatic rings. The van der Waals surface area contributed by atoms with Gasteiger partial charge in [-0.1, -0.05) is 19.1 Å². The van der Waals surface area contributed by atoms with Crippen LogP contribution < -0.4 is 10.2 Å². The van der Waals surface area contributed by atoms with E-state index in [0.717, 1.165) is 11.3 Å². The number of benzene rings is 1. The maximum atomic E-state index is 11.6. The van der Waals surface area contributed by atoms with Gasteiger partial charge in [0.05, 0.1) is 5.60 Å². The van der Waals surface area contributed by atoms with Crippen LogP contribution in [0.1, 0.15) is 25.8 Å². The first-order chi connectivity index (χ1) is 9.34. The summed E-state index contributed by atoms with van der Waals surface area (Å²) in [4.78, 5) is 13.7. The fraction of sp³-hybridized carbons (Fsp3) is 0.438. The summed E-state index contributed by atoms with van der Waals surface area (Å²) >= 11 is 0. The van der Waals surface area contributed by atoms with Crippen molar-refractivity contribution in [2.24, 2.45) is 0 Å². The lowest BCUT2D eigenvalue weighted by Gasteiger charge is -2.20. The Hall–Kier alpha value is -1.81. The Labute approximate surface area is 121 Å². The molecule has 4 heteroatoms. The Morgan fingerprint density at radius 3 is 2.45 bits per heavy atom. The fourth-order valence-corrected chi connectivity index (χ4v) is 1.52. The molecule has 1 unspecified atom stereocenters. The average molecular weight is 276 g/mol. The highest BCUT2D eigenvalue weighted by atomic mass is 16.3. The summed E-state index contributed by atoms with van der Waals surface area (Å²) in [6.45, 7) is 3.84. The zero-order valence-electron chi connectivity index (χ0n) is 12.7. The van der Waals surface area contributed by atoms with Crippen molar-refractivity contribution in [3.05, 3.63) is 35.9 Å². The van der Waals surface area contributed by atoms with Gasteiger partial charge in [0.2, 0.25) is 5.91 Å². The van der Waals surface area contributed by atoms with Gasteiger partial charge in [-0.15, -0.1) is 0 Å². The van der Waals surface area contributed by atoms with E-state index in [2.05, 4.69) is 5.32 Å². The first kappa shape index (κ1) is 16.2. The highest BCUT2D eigenvalue weighted by molar-refractivity contribution is 5.91. The van der Waals surface area contributed by atoms with Crippen molar-refractivity contribution in [1.82, 2.24) is 5.32 Å². The summed E-state index contributed by atoms with van der Waals surface area (Å²) in [6.07, 6.45) is 3.84. The fourth-order valence-electron chi connectivity index (χ4n) is 1.52. The van der Waals surface area contributed by atoms with Crippen LogP contribution in [-0.2, 0) is 4.79 Å². The summed E-state index contributed by atoms with van der Waals surface area (Å²) < 4.78 is 0. The third-order valence-electron chi connectivity index (χ3n) is 3.24. The average Bonchev–Trinajstić information content (AvgIpc) is 2.43. The molecule has 0 aliphatic carbocycles. The summed E-state index contributed by atoms with van der Waals surface area (Å²) in [7, 11) is 3.97. The van der Waals surface area contributed by atoms with Gasteiger partial charge in [0, 0.05) is 32.4 Å². The van der Waals surface area contributed by atoms with Crippen molar-refractivity contribution in [2.45, 2.75) is 25.9 Å². The third-order valence-corrected chi connectivity index (χ3v) is 3.24. The van der Waals surface area contributed by atoms with Crippen LogP contribution in [0.5, 0.6) is 0 Å². The van der Waals surface area contributed by atoms with Crippen molar-refractivity contribution in [3.8, 4) is 0 Å². The van der Waals surface area contributed by atoms with Gasteiger partial charge >= 0.3 is 0 Å². The normalized spacial score (nSPS) is 14.1. The lowest BCUT2D eigenvalue weighted by Crippen LogP contribution is -2.39. The van der Waals surface area contributed by atoms with E-state index in [0.29, 0.717) is 6.42 Å². The van der Waals surface area contributed by atoms with Gasteiger partial charge in [0.1, 0.15) is 0 Å². The topological polar surface area (TPSA) is 52.6 Å². The molecule has 0 saturated heterocycles. The first-order valence-electron chi connectivity index (χ1n) is 6.80. The van der Waals surface area contributed by atoms with E-state index >= 15 is 0 Å². The second-order valence-corrected chi connectivity index (χ2v) is 5.39. The molecular weight excluding hydrogens is 252 g/mol. The van der Waals surface area contributed by atoms with Crippen LogP contribution >= 0.6 is 0 Å². The maximum Gasteiger partial charge on any atom is 0.244 e. The standard InChI is InChI=1S/C16H24N2O2/c1-5-16(2,20)12-17-15(19)11-8-13-6-9-14(10-7-13)18(3)4/h6-11,20H,5,12H2,1-4H3,(H,17,19). The number of nitrogens with zero attached hydrogens (tertiary/aromatic N) is 1. The van der Waals surface area contributed by atoms with E-state index in [1.165, 1.54) is 6.08 Å². The third kappa shape index (κ3) is 5.45. The molecule has 1 aromatic carbocycles. The lowest BCUT2D eigenvalue weighted by molar-refractivity contribution is -0.117. The first-order valence-corrected chi connectivity index (χ1v) is 6.80. The minimum absolute atomic E-state index is 0.199. The van der Waals surface area contributed by atoms with Gasteiger partial charge in [0.25, 0.3) is 0 Å². The molecule has 1 aromatic rings. The molecule has 0 radical (unpaired) electrons. The molecule has 110 valence electrons. The molecular formula is C16H24N2O2. The number of hydrogen-bond acceptors (Lipinski definition) is 3. The molecule has 0 fully saturated rings. The van der Waals surface area contributed by atoms with Gasteiger partial charge in [-0.05, 0) is 37.1 Å². The largest absolute Gasteiger partial charge is 0.388 e. The molecule has 0 aromatic heterocycles. The number of aliphatic hydroxyl groups is 1. The van der Waals surface area contributed by atoms with Crippen molar-refractivity contribution in [2.75, 3.05) is 25.5 Å². The van der Waals surface area contributed by atoms with Crippen LogP contribution in [0.25, 0.3) is 6.08 Å². The van der Waals surface area contributed by atoms with Gasteiger partial charge in [0.15, 0.2) is 0 Å². The quantitative estimate of drug-likeness (QED) is 0.782. The highest BCUT2D eigenvalue weighted by Gasteiger charge is 2.17. The molecule has 1 atom stereocenters. The lowest BCUT2D eigenvalue weighted by atomic mass is 10.0. The second-order valence-electron chi connectivity index (χ2n) is 5.39. The zero-order chi connectivity index (χ0) is 15.2. The molecule has 20 heavy (non-hydrogen) atoms. The van der Waals surface area contributed by atoms with E-state index < -0.39 is 5.60 Å². The Morgan fingerprint density at radius 1 is 1.35 bits per heavy atom. The second kappa shape index (κ2) is 7.10. The van der Waals surface area contributed by atoms with Crippen LogP contribution in [0.2, 0.25) is 0 Å². The maximum absolute atomic E-state index is 11.6. The van der Waals surface area contributed by atoms with Crippen molar-refractivity contribution >= 4 is 17.7 Å². The molecule has 0 heterocycles. The monoisotopic (exact) mass is 276 g/mol. The Kier molecular flexibility index (Phi) is 5.77. The minimum atomic E-state index is -0.850. The van der Waals surface area contributed by atoms with Crippen molar-refractivity contribution in [3.63, 3.8) is 0 Å². The number of carbonyl (C=O) groups is 1. The van der Waals surface area contributed by atoms with Crippen LogP contribution in [-0.4, -0.2) is 37.3 Å². The predicted octanol–water partition coefficient (Wildman–Crippen LogP) is 2.04. The van der Waals surface area contributed by atoms with E-state index in [9.17, 15) is 9.90 Å². The van der Waals surface area contributed by atoms with Gasteiger partial charge in [-0.25, -0.2) is 0 Å². The highest BCUT2D eigenvalue weighted by Crippen LogP contribution is 2.13. The summed E-state index contributed by atoms with van der Waals surface area (Å²) in [6, 6.07) is 7.92. The van der Waals surface area contributed by atoms with E-state index in [1.807, 2.05) is 50.2 Å². The molecule has 0 bridgehead atoms. The zero-order valence-corrected chi connectivity index (χ0v) is 12.7. The number of anilines is 1. The van der Waals surface area contributed by atoms with Gasteiger partial charge in [-0.2, -0.15) is 0 Å². The predicted molar refractivity (Wildman–Crippen MR) is 83.7 cm³/mol. The Balaban J connectivity index is 2.53. The number of carbonyl (C=O) groups excluding carboxylic acids is 1. The van der Waals surface area contributed by atoms with E-state index in [1.54, 1.807) is 13.0 Å². The van der Waals surface area contributed by atoms with Crippen LogP contribution in [0.3, 0.4) is 0 Å².